The van der Waals surface area contributed by atoms with Gasteiger partial charge in [0, 0.05) is 57.1 Å². The molecule has 2 saturated heterocycles. The minimum absolute atomic E-state index is 0.157. The van der Waals surface area contributed by atoms with Gasteiger partial charge in [0.2, 0.25) is 5.95 Å². The van der Waals surface area contributed by atoms with Gasteiger partial charge in [-0.25, -0.2) is 19.9 Å². The van der Waals surface area contributed by atoms with Crippen LogP contribution in [0.3, 0.4) is 0 Å². The van der Waals surface area contributed by atoms with Gasteiger partial charge in [0.25, 0.3) is 0 Å². The van der Waals surface area contributed by atoms with Crippen LogP contribution in [-0.2, 0) is 11.3 Å². The van der Waals surface area contributed by atoms with E-state index in [1.165, 1.54) is 5.56 Å². The molecule has 3 aromatic rings. The smallest absolute Gasteiger partial charge is 0.229 e. The first-order valence-electron chi connectivity index (χ1n) is 12.0. The molecule has 180 valence electrons. The Kier molecular flexibility index (Phi) is 7.10. The largest absolute Gasteiger partial charge is 0.387 e. The lowest BCUT2D eigenvalue weighted by Crippen LogP contribution is -2.42. The molecular weight excluding hydrogens is 432 g/mol. The summed E-state index contributed by atoms with van der Waals surface area (Å²) in [5.74, 6) is 1.77. The van der Waals surface area contributed by atoms with Crippen molar-refractivity contribution in [3.8, 4) is 0 Å². The molecule has 0 aromatic carbocycles. The second kappa shape index (κ2) is 10.6. The summed E-state index contributed by atoms with van der Waals surface area (Å²) in [6.07, 6.45) is 4.97. The summed E-state index contributed by atoms with van der Waals surface area (Å²) in [7, 11) is 0. The molecular formula is C24H32N8O2. The Morgan fingerprint density at radius 2 is 2.09 bits per heavy atom. The number of aromatic nitrogens is 4. The highest BCUT2D eigenvalue weighted by Crippen LogP contribution is 2.26. The molecule has 0 bridgehead atoms. The Morgan fingerprint density at radius 3 is 2.82 bits per heavy atom. The standard InChI is InChI=1S/C24H32N8O2/c1-16(33)20-11-18-13-27-24(31-22(18)23(29-20)28-19-3-2-10-34-15-19)30-21-5-4-17(12-26-21)14-32-8-6-25-7-9-32/h4-5,11-13,16,19,25,33H,2-3,6-10,14-15H2,1H3,(H,28,29)(H,26,27,30,31)/t16-,19+/m1/s1. The number of aliphatic hydroxyl groups is 1. The number of pyridine rings is 2. The lowest BCUT2D eigenvalue weighted by Gasteiger charge is -2.27. The van der Waals surface area contributed by atoms with Gasteiger partial charge in [-0.2, -0.15) is 0 Å². The molecule has 0 aliphatic carbocycles. The Balaban J connectivity index is 1.35. The summed E-state index contributed by atoms with van der Waals surface area (Å²) in [5.41, 5.74) is 2.46. The molecule has 2 atom stereocenters. The van der Waals surface area contributed by atoms with E-state index in [2.05, 4.69) is 41.9 Å². The van der Waals surface area contributed by atoms with Crippen molar-refractivity contribution in [2.24, 2.45) is 0 Å². The van der Waals surface area contributed by atoms with Gasteiger partial charge in [0.1, 0.15) is 11.3 Å². The first-order valence-corrected chi connectivity index (χ1v) is 12.0. The molecule has 34 heavy (non-hydrogen) atoms. The van der Waals surface area contributed by atoms with E-state index in [0.717, 1.165) is 57.6 Å². The Hall–Kier alpha value is -2.92. The maximum atomic E-state index is 10.1. The van der Waals surface area contributed by atoms with E-state index in [9.17, 15) is 5.11 Å². The number of hydrogen-bond donors (Lipinski definition) is 4. The molecule has 0 saturated carbocycles. The summed E-state index contributed by atoms with van der Waals surface area (Å²) in [5, 5.41) is 21.0. The fourth-order valence-electron chi connectivity index (χ4n) is 4.32. The molecule has 0 radical (unpaired) electrons. The van der Waals surface area contributed by atoms with Crippen LogP contribution in [-0.4, -0.2) is 75.4 Å². The van der Waals surface area contributed by atoms with Crippen LogP contribution < -0.4 is 16.0 Å². The summed E-state index contributed by atoms with van der Waals surface area (Å²) < 4.78 is 5.61. The van der Waals surface area contributed by atoms with E-state index < -0.39 is 6.10 Å². The van der Waals surface area contributed by atoms with Crippen molar-refractivity contribution in [1.29, 1.82) is 0 Å². The summed E-state index contributed by atoms with van der Waals surface area (Å²) in [4.78, 5) is 20.8. The fraction of sp³-hybridized carbons (Fsp3) is 0.500. The van der Waals surface area contributed by atoms with Crippen LogP contribution in [0.4, 0.5) is 17.6 Å². The average Bonchev–Trinajstić information content (AvgIpc) is 2.86. The van der Waals surface area contributed by atoms with Crippen LogP contribution in [0.5, 0.6) is 0 Å². The first kappa shape index (κ1) is 22.9. The zero-order valence-corrected chi connectivity index (χ0v) is 19.5. The second-order valence-electron chi connectivity index (χ2n) is 8.96. The van der Waals surface area contributed by atoms with Gasteiger partial charge in [-0.15, -0.1) is 0 Å². The van der Waals surface area contributed by atoms with E-state index in [1.807, 2.05) is 18.3 Å². The monoisotopic (exact) mass is 464 g/mol. The number of piperazine rings is 1. The molecule has 2 fully saturated rings. The normalized spacial score (nSPS) is 20.2. The molecule has 2 aliphatic rings. The molecule has 0 unspecified atom stereocenters. The predicted molar refractivity (Wildman–Crippen MR) is 131 cm³/mol. The predicted octanol–water partition coefficient (Wildman–Crippen LogP) is 2.21. The maximum Gasteiger partial charge on any atom is 0.229 e. The summed E-state index contributed by atoms with van der Waals surface area (Å²) in [6.45, 7) is 8.20. The van der Waals surface area contributed by atoms with Gasteiger partial charge >= 0.3 is 0 Å². The van der Waals surface area contributed by atoms with Gasteiger partial charge in [0.15, 0.2) is 5.82 Å². The molecule has 10 nitrogen and oxygen atoms in total. The number of fused-ring (bicyclic) bond motifs is 1. The highest BCUT2D eigenvalue weighted by atomic mass is 16.5. The molecule has 5 heterocycles. The third-order valence-corrected chi connectivity index (χ3v) is 6.20. The lowest BCUT2D eigenvalue weighted by molar-refractivity contribution is 0.0875. The molecule has 10 heteroatoms. The molecule has 2 aliphatic heterocycles. The Bertz CT molecular complexity index is 1100. The van der Waals surface area contributed by atoms with E-state index >= 15 is 0 Å². The minimum atomic E-state index is -0.686. The van der Waals surface area contributed by atoms with Gasteiger partial charge in [0.05, 0.1) is 24.4 Å². The van der Waals surface area contributed by atoms with Crippen LogP contribution in [0.15, 0.2) is 30.6 Å². The molecule has 3 aromatic heterocycles. The van der Waals surface area contributed by atoms with Crippen molar-refractivity contribution >= 4 is 28.5 Å². The van der Waals surface area contributed by atoms with Crippen LogP contribution in [0, 0.1) is 0 Å². The van der Waals surface area contributed by atoms with Crippen LogP contribution in [0.2, 0.25) is 0 Å². The Labute approximate surface area is 199 Å². The lowest BCUT2D eigenvalue weighted by atomic mass is 10.1. The average molecular weight is 465 g/mol. The van der Waals surface area contributed by atoms with Crippen LogP contribution in [0.1, 0.15) is 37.1 Å². The first-order chi connectivity index (χ1) is 16.6. The van der Waals surface area contributed by atoms with Crippen molar-refractivity contribution in [3.05, 3.63) is 41.9 Å². The van der Waals surface area contributed by atoms with Gasteiger partial charge in [-0.05, 0) is 37.5 Å². The van der Waals surface area contributed by atoms with Crippen LogP contribution in [0.25, 0.3) is 10.9 Å². The van der Waals surface area contributed by atoms with E-state index in [-0.39, 0.29) is 6.04 Å². The molecule has 0 amide bonds. The van der Waals surface area contributed by atoms with Gasteiger partial charge in [-0.1, -0.05) is 6.07 Å². The third-order valence-electron chi connectivity index (χ3n) is 6.20. The number of aliphatic hydroxyl groups excluding tert-OH is 1. The number of nitrogens with zero attached hydrogens (tertiary/aromatic N) is 5. The van der Waals surface area contributed by atoms with Gasteiger partial charge < -0.3 is 25.8 Å². The van der Waals surface area contributed by atoms with Crippen LogP contribution >= 0.6 is 0 Å². The van der Waals surface area contributed by atoms with Crippen molar-refractivity contribution in [3.63, 3.8) is 0 Å². The molecule has 4 N–H and O–H groups in total. The highest BCUT2D eigenvalue weighted by Gasteiger charge is 2.18. The molecule has 0 spiro atoms. The maximum absolute atomic E-state index is 10.1. The van der Waals surface area contributed by atoms with E-state index in [1.54, 1.807) is 13.1 Å². The van der Waals surface area contributed by atoms with Crippen molar-refractivity contribution in [1.82, 2.24) is 30.2 Å². The minimum Gasteiger partial charge on any atom is -0.387 e. The number of rotatable bonds is 7. The zero-order valence-electron chi connectivity index (χ0n) is 19.5. The van der Waals surface area contributed by atoms with Crippen molar-refractivity contribution in [2.45, 2.75) is 38.5 Å². The fourth-order valence-corrected chi connectivity index (χ4v) is 4.32. The number of anilines is 3. The summed E-state index contributed by atoms with van der Waals surface area (Å²) in [6, 6.07) is 6.03. The number of nitrogens with one attached hydrogen (secondary N) is 3. The van der Waals surface area contributed by atoms with Gasteiger partial charge in [-0.3, -0.25) is 4.90 Å². The number of ether oxygens (including phenoxy) is 1. The zero-order chi connectivity index (χ0) is 23.3. The number of hydrogen-bond acceptors (Lipinski definition) is 10. The second-order valence-corrected chi connectivity index (χ2v) is 8.96. The van der Waals surface area contributed by atoms with Crippen molar-refractivity contribution in [2.75, 3.05) is 50.0 Å². The van der Waals surface area contributed by atoms with Crippen molar-refractivity contribution < 1.29 is 9.84 Å². The van der Waals surface area contributed by atoms with E-state index in [4.69, 9.17) is 9.72 Å². The highest BCUT2D eigenvalue weighted by molar-refractivity contribution is 5.89. The van der Waals surface area contributed by atoms with E-state index in [0.29, 0.717) is 35.4 Å². The Morgan fingerprint density at radius 1 is 1.21 bits per heavy atom. The third kappa shape index (κ3) is 5.58. The SMILES string of the molecule is C[C@@H](O)c1cc2cnc(Nc3ccc(CN4CCNCC4)cn3)nc2c(N[C@H]2CCCOC2)n1. The summed E-state index contributed by atoms with van der Waals surface area (Å²) >= 11 is 0. The molecule has 5 rings (SSSR count). The topological polar surface area (TPSA) is 120 Å². The quantitative estimate of drug-likeness (QED) is 0.414.